The van der Waals surface area contributed by atoms with Gasteiger partial charge in [0.2, 0.25) is 6.41 Å². The van der Waals surface area contributed by atoms with Crippen molar-refractivity contribution in [2.45, 2.75) is 13.8 Å². The summed E-state index contributed by atoms with van der Waals surface area (Å²) in [5, 5.41) is 0. The number of allylic oxidation sites excluding steroid dienone is 1. The standard InChI is InChI=1S/C7H13NO/c1-7(2)4-5-8(3)6-9/h4,6H,5H2,1-3H3. The van der Waals surface area contributed by atoms with Gasteiger partial charge in [0.15, 0.2) is 0 Å². The van der Waals surface area contributed by atoms with Gasteiger partial charge in [-0.05, 0) is 13.8 Å². The van der Waals surface area contributed by atoms with Crippen molar-refractivity contribution in [3.63, 3.8) is 0 Å². The summed E-state index contributed by atoms with van der Waals surface area (Å²) in [7, 11) is 1.76. The van der Waals surface area contributed by atoms with E-state index in [0.29, 0.717) is 6.54 Å². The lowest BCUT2D eigenvalue weighted by molar-refractivity contribution is -0.116. The molecule has 0 heterocycles. The molecule has 0 spiro atoms. The number of likely N-dealkylation sites (N-methyl/N-ethyl adjacent to an activating group) is 1. The van der Waals surface area contributed by atoms with Crippen molar-refractivity contribution in [1.29, 1.82) is 0 Å². The molecule has 0 N–H and O–H groups in total. The first-order valence-electron chi connectivity index (χ1n) is 2.95. The lowest BCUT2D eigenvalue weighted by Gasteiger charge is -2.05. The number of carbonyl (C=O) groups is 1. The molecule has 0 aliphatic rings. The average molecular weight is 127 g/mol. The van der Waals surface area contributed by atoms with E-state index in [-0.39, 0.29) is 0 Å². The third kappa shape index (κ3) is 5.07. The number of nitrogens with zero attached hydrogens (tertiary/aromatic N) is 1. The Hall–Kier alpha value is -0.790. The molecule has 2 nitrogen and oxygen atoms in total. The van der Waals surface area contributed by atoms with E-state index in [0.717, 1.165) is 6.41 Å². The highest BCUT2D eigenvalue weighted by molar-refractivity contribution is 5.46. The van der Waals surface area contributed by atoms with E-state index in [1.807, 2.05) is 19.9 Å². The summed E-state index contributed by atoms with van der Waals surface area (Å²) in [5.74, 6) is 0. The van der Waals surface area contributed by atoms with Crippen LogP contribution in [0.25, 0.3) is 0 Å². The second kappa shape index (κ2) is 4.13. The fraction of sp³-hybridized carbons (Fsp3) is 0.571. The van der Waals surface area contributed by atoms with Gasteiger partial charge in [0.05, 0.1) is 0 Å². The van der Waals surface area contributed by atoms with Gasteiger partial charge in [-0.2, -0.15) is 0 Å². The lowest BCUT2D eigenvalue weighted by Crippen LogP contribution is -2.15. The van der Waals surface area contributed by atoms with Gasteiger partial charge < -0.3 is 4.90 Å². The van der Waals surface area contributed by atoms with Crippen LogP contribution in [0.5, 0.6) is 0 Å². The molecule has 0 aliphatic heterocycles. The Balaban J connectivity index is 3.49. The Morgan fingerprint density at radius 3 is 2.44 bits per heavy atom. The van der Waals surface area contributed by atoms with Crippen LogP contribution in [-0.2, 0) is 4.79 Å². The van der Waals surface area contributed by atoms with Gasteiger partial charge in [0, 0.05) is 13.6 Å². The predicted octanol–water partition coefficient (Wildman–Crippen LogP) is 1.04. The molecule has 0 unspecified atom stereocenters. The number of amides is 1. The maximum absolute atomic E-state index is 10.0. The van der Waals surface area contributed by atoms with E-state index < -0.39 is 0 Å². The van der Waals surface area contributed by atoms with Crippen LogP contribution in [0, 0.1) is 0 Å². The van der Waals surface area contributed by atoms with Gasteiger partial charge in [-0.1, -0.05) is 11.6 Å². The fourth-order valence-corrected chi connectivity index (χ4v) is 0.370. The van der Waals surface area contributed by atoms with Crippen LogP contribution in [0.1, 0.15) is 13.8 Å². The molecule has 0 radical (unpaired) electrons. The van der Waals surface area contributed by atoms with E-state index in [1.54, 1.807) is 11.9 Å². The molecule has 9 heavy (non-hydrogen) atoms. The van der Waals surface area contributed by atoms with Crippen molar-refractivity contribution >= 4 is 6.41 Å². The van der Waals surface area contributed by atoms with Gasteiger partial charge in [0.25, 0.3) is 0 Å². The molecule has 0 fully saturated rings. The SMILES string of the molecule is CC(C)=CCN(C)C=O. The monoisotopic (exact) mass is 127 g/mol. The molecule has 0 bridgehead atoms. The topological polar surface area (TPSA) is 20.3 Å². The number of carbonyl (C=O) groups excluding carboxylic acids is 1. The first-order chi connectivity index (χ1) is 4.16. The molecule has 0 aromatic rings. The van der Waals surface area contributed by atoms with Crippen LogP contribution in [0.3, 0.4) is 0 Å². The molecular formula is C7H13NO. The highest BCUT2D eigenvalue weighted by atomic mass is 16.1. The van der Waals surface area contributed by atoms with E-state index in [9.17, 15) is 4.79 Å². The summed E-state index contributed by atoms with van der Waals surface area (Å²) in [6.07, 6.45) is 2.83. The molecule has 0 rings (SSSR count). The smallest absolute Gasteiger partial charge is 0.209 e. The zero-order valence-corrected chi connectivity index (χ0v) is 6.22. The number of hydrogen-bond acceptors (Lipinski definition) is 1. The number of hydrogen-bond donors (Lipinski definition) is 0. The number of rotatable bonds is 3. The minimum Gasteiger partial charge on any atom is -0.345 e. The van der Waals surface area contributed by atoms with Crippen LogP contribution in [-0.4, -0.2) is 24.9 Å². The lowest BCUT2D eigenvalue weighted by atomic mass is 10.3. The van der Waals surface area contributed by atoms with Crippen LogP contribution >= 0.6 is 0 Å². The fourth-order valence-electron chi connectivity index (χ4n) is 0.370. The largest absolute Gasteiger partial charge is 0.345 e. The summed E-state index contributed by atoms with van der Waals surface area (Å²) >= 11 is 0. The van der Waals surface area contributed by atoms with Gasteiger partial charge in [-0.15, -0.1) is 0 Å². The maximum atomic E-state index is 10.0. The second-order valence-corrected chi connectivity index (χ2v) is 2.33. The molecule has 0 aromatic heterocycles. The highest BCUT2D eigenvalue weighted by Crippen LogP contribution is 1.87. The summed E-state index contributed by atoms with van der Waals surface area (Å²) in [5.41, 5.74) is 1.24. The molecule has 0 aromatic carbocycles. The Bertz CT molecular complexity index is 114. The molecule has 0 saturated heterocycles. The second-order valence-electron chi connectivity index (χ2n) is 2.33. The Kier molecular flexibility index (Phi) is 3.76. The summed E-state index contributed by atoms with van der Waals surface area (Å²) < 4.78 is 0. The van der Waals surface area contributed by atoms with Crippen molar-refractivity contribution in [1.82, 2.24) is 4.90 Å². The minimum absolute atomic E-state index is 0.714. The summed E-state index contributed by atoms with van der Waals surface area (Å²) in [6.45, 7) is 4.74. The highest BCUT2D eigenvalue weighted by Gasteiger charge is 1.85. The quantitative estimate of drug-likeness (QED) is 0.410. The van der Waals surface area contributed by atoms with Gasteiger partial charge in [-0.3, -0.25) is 4.79 Å². The van der Waals surface area contributed by atoms with Crippen molar-refractivity contribution in [2.75, 3.05) is 13.6 Å². The van der Waals surface area contributed by atoms with E-state index in [4.69, 9.17) is 0 Å². The minimum atomic E-state index is 0.714. The molecule has 0 aliphatic carbocycles. The van der Waals surface area contributed by atoms with E-state index in [1.165, 1.54) is 5.57 Å². The zero-order chi connectivity index (χ0) is 7.28. The van der Waals surface area contributed by atoms with Crippen molar-refractivity contribution in [2.24, 2.45) is 0 Å². The maximum Gasteiger partial charge on any atom is 0.209 e. The van der Waals surface area contributed by atoms with E-state index in [2.05, 4.69) is 0 Å². The van der Waals surface area contributed by atoms with Crippen molar-refractivity contribution in [3.8, 4) is 0 Å². The van der Waals surface area contributed by atoms with Gasteiger partial charge >= 0.3 is 0 Å². The molecule has 2 heteroatoms. The molecule has 0 saturated carbocycles. The van der Waals surface area contributed by atoms with Gasteiger partial charge in [0.1, 0.15) is 0 Å². The zero-order valence-electron chi connectivity index (χ0n) is 6.22. The van der Waals surface area contributed by atoms with Crippen LogP contribution in [0.2, 0.25) is 0 Å². The predicted molar refractivity (Wildman–Crippen MR) is 38.1 cm³/mol. The Morgan fingerprint density at radius 1 is 1.56 bits per heavy atom. The first-order valence-corrected chi connectivity index (χ1v) is 2.95. The first kappa shape index (κ1) is 8.21. The average Bonchev–Trinajstić information content (AvgIpc) is 1.83. The molecule has 52 valence electrons. The summed E-state index contributed by atoms with van der Waals surface area (Å²) in [4.78, 5) is 11.6. The summed E-state index contributed by atoms with van der Waals surface area (Å²) in [6, 6.07) is 0. The molecule has 1 amide bonds. The third-order valence-corrected chi connectivity index (χ3v) is 0.967. The van der Waals surface area contributed by atoms with E-state index >= 15 is 0 Å². The Labute approximate surface area is 56.2 Å². The van der Waals surface area contributed by atoms with Gasteiger partial charge in [-0.25, -0.2) is 0 Å². The van der Waals surface area contributed by atoms with Crippen LogP contribution in [0.4, 0.5) is 0 Å². The van der Waals surface area contributed by atoms with Crippen molar-refractivity contribution in [3.05, 3.63) is 11.6 Å². The normalized spacial score (nSPS) is 8.33. The van der Waals surface area contributed by atoms with Crippen molar-refractivity contribution < 1.29 is 4.79 Å². The molecular weight excluding hydrogens is 114 g/mol. The van der Waals surface area contributed by atoms with Crippen LogP contribution < -0.4 is 0 Å². The van der Waals surface area contributed by atoms with Crippen LogP contribution in [0.15, 0.2) is 11.6 Å². The Morgan fingerprint density at radius 2 is 2.11 bits per heavy atom. The molecule has 0 atom stereocenters. The third-order valence-electron chi connectivity index (χ3n) is 0.967.